The zero-order chi connectivity index (χ0) is 13.6. The summed E-state index contributed by atoms with van der Waals surface area (Å²) in [4.78, 5) is 9.16. The minimum atomic E-state index is -3.49. The number of nitrogens with zero attached hydrogens (tertiary/aromatic N) is 4. The van der Waals surface area contributed by atoms with E-state index in [-0.39, 0.29) is 17.2 Å². The lowest BCUT2D eigenvalue weighted by atomic mass is 10.1. The van der Waals surface area contributed by atoms with Crippen LogP contribution in [0.15, 0.2) is 5.16 Å². The number of hydrogen-bond donors (Lipinski definition) is 0. The second kappa shape index (κ2) is 4.04. The summed E-state index contributed by atoms with van der Waals surface area (Å²) in [6, 6.07) is 0. The SMILES string of the molecule is Cc1nc(CS(=O)(=O)C2=NOC(C)(C)C2)n(C)n1. The number of aromatic nitrogens is 3. The molecule has 2 heterocycles. The van der Waals surface area contributed by atoms with Gasteiger partial charge in [0.25, 0.3) is 0 Å². The molecule has 0 N–H and O–H groups in total. The molecular weight excluding hydrogens is 256 g/mol. The lowest BCUT2D eigenvalue weighted by Gasteiger charge is -2.13. The molecule has 0 aromatic carbocycles. The van der Waals surface area contributed by atoms with Gasteiger partial charge in [-0.05, 0) is 20.8 Å². The molecule has 8 heteroatoms. The fourth-order valence-electron chi connectivity index (χ4n) is 1.71. The summed E-state index contributed by atoms with van der Waals surface area (Å²) in [5, 5.41) is 7.76. The molecule has 1 aliphatic heterocycles. The highest BCUT2D eigenvalue weighted by Gasteiger charge is 2.36. The van der Waals surface area contributed by atoms with E-state index in [1.54, 1.807) is 27.8 Å². The highest BCUT2D eigenvalue weighted by molar-refractivity contribution is 8.05. The summed E-state index contributed by atoms with van der Waals surface area (Å²) in [5.41, 5.74) is -0.557. The van der Waals surface area contributed by atoms with Crippen molar-refractivity contribution < 1.29 is 13.3 Å². The molecule has 0 aliphatic carbocycles. The van der Waals surface area contributed by atoms with Gasteiger partial charge in [0.1, 0.15) is 23.0 Å². The van der Waals surface area contributed by atoms with Gasteiger partial charge in [0.15, 0.2) is 5.04 Å². The first-order chi connectivity index (χ1) is 8.20. The van der Waals surface area contributed by atoms with Gasteiger partial charge in [-0.1, -0.05) is 5.16 Å². The molecule has 0 atom stereocenters. The number of rotatable bonds is 2. The molecular formula is C10H16N4O3S. The van der Waals surface area contributed by atoms with Crippen LogP contribution >= 0.6 is 0 Å². The van der Waals surface area contributed by atoms with Crippen molar-refractivity contribution in [3.05, 3.63) is 11.6 Å². The Bertz CT molecular complexity index is 601. The Morgan fingerprint density at radius 2 is 2.11 bits per heavy atom. The maximum atomic E-state index is 12.2. The number of aryl methyl sites for hydroxylation is 2. The minimum Gasteiger partial charge on any atom is -0.389 e. The summed E-state index contributed by atoms with van der Waals surface area (Å²) in [6.07, 6.45) is 0.284. The molecule has 1 aromatic rings. The Labute approximate surface area is 106 Å². The molecule has 1 aromatic heterocycles. The molecule has 2 rings (SSSR count). The van der Waals surface area contributed by atoms with Gasteiger partial charge in [-0.25, -0.2) is 13.4 Å². The average Bonchev–Trinajstić information content (AvgIpc) is 2.70. The van der Waals surface area contributed by atoms with Crippen LogP contribution in [0.2, 0.25) is 0 Å². The van der Waals surface area contributed by atoms with Crippen LogP contribution in [0.1, 0.15) is 31.9 Å². The first-order valence-electron chi connectivity index (χ1n) is 5.54. The van der Waals surface area contributed by atoms with Crippen LogP contribution < -0.4 is 0 Å². The van der Waals surface area contributed by atoms with Crippen molar-refractivity contribution >= 4 is 14.9 Å². The molecule has 100 valence electrons. The zero-order valence-electron chi connectivity index (χ0n) is 10.8. The Hall–Kier alpha value is -1.44. The topological polar surface area (TPSA) is 86.4 Å². The minimum absolute atomic E-state index is 0.0770. The van der Waals surface area contributed by atoms with Crippen LogP contribution in [-0.4, -0.2) is 33.8 Å². The van der Waals surface area contributed by atoms with E-state index >= 15 is 0 Å². The first-order valence-corrected chi connectivity index (χ1v) is 7.19. The van der Waals surface area contributed by atoms with E-state index in [1.807, 2.05) is 0 Å². The van der Waals surface area contributed by atoms with E-state index in [0.29, 0.717) is 11.6 Å². The van der Waals surface area contributed by atoms with Crippen molar-refractivity contribution in [2.75, 3.05) is 0 Å². The highest BCUT2D eigenvalue weighted by Crippen LogP contribution is 2.25. The Kier molecular flexibility index (Phi) is 2.92. The largest absolute Gasteiger partial charge is 0.389 e. The third-order valence-corrected chi connectivity index (χ3v) is 4.18. The average molecular weight is 272 g/mol. The number of oxime groups is 1. The number of sulfone groups is 1. The predicted molar refractivity (Wildman–Crippen MR) is 65.6 cm³/mol. The first kappa shape index (κ1) is 13.0. The van der Waals surface area contributed by atoms with Gasteiger partial charge in [0.2, 0.25) is 9.84 Å². The van der Waals surface area contributed by atoms with Crippen molar-refractivity contribution in [3.63, 3.8) is 0 Å². The zero-order valence-corrected chi connectivity index (χ0v) is 11.7. The molecule has 1 aliphatic rings. The van der Waals surface area contributed by atoms with Crippen molar-refractivity contribution in [2.24, 2.45) is 12.2 Å². The highest BCUT2D eigenvalue weighted by atomic mass is 32.2. The van der Waals surface area contributed by atoms with Crippen LogP contribution in [0.5, 0.6) is 0 Å². The summed E-state index contributed by atoms with van der Waals surface area (Å²) in [6.45, 7) is 5.31. The molecule has 0 bridgehead atoms. The molecule has 0 spiro atoms. The van der Waals surface area contributed by atoms with E-state index in [4.69, 9.17) is 4.84 Å². The van der Waals surface area contributed by atoms with E-state index in [0.717, 1.165) is 0 Å². The summed E-state index contributed by atoms with van der Waals surface area (Å²) in [5.74, 6) is 0.746. The molecule has 0 saturated heterocycles. The van der Waals surface area contributed by atoms with E-state index in [2.05, 4.69) is 15.2 Å². The van der Waals surface area contributed by atoms with Crippen LogP contribution in [-0.2, 0) is 27.5 Å². The normalized spacial score (nSPS) is 18.6. The monoisotopic (exact) mass is 272 g/mol. The van der Waals surface area contributed by atoms with Gasteiger partial charge in [-0.2, -0.15) is 5.10 Å². The third kappa shape index (κ3) is 2.53. The summed E-state index contributed by atoms with van der Waals surface area (Å²) in [7, 11) is -1.82. The van der Waals surface area contributed by atoms with Crippen LogP contribution in [0.3, 0.4) is 0 Å². The Morgan fingerprint density at radius 3 is 2.56 bits per heavy atom. The van der Waals surface area contributed by atoms with Gasteiger partial charge in [0.05, 0.1) is 0 Å². The van der Waals surface area contributed by atoms with Crippen LogP contribution in [0.25, 0.3) is 0 Å². The summed E-state index contributed by atoms with van der Waals surface area (Å²) >= 11 is 0. The second-order valence-electron chi connectivity index (χ2n) is 4.97. The van der Waals surface area contributed by atoms with Crippen LogP contribution in [0, 0.1) is 6.92 Å². The second-order valence-corrected chi connectivity index (χ2v) is 6.96. The lowest BCUT2D eigenvalue weighted by molar-refractivity contribution is 0.0123. The molecule has 0 fully saturated rings. The van der Waals surface area contributed by atoms with Crippen molar-refractivity contribution in [2.45, 2.75) is 38.5 Å². The maximum absolute atomic E-state index is 12.2. The van der Waals surface area contributed by atoms with E-state index in [1.165, 1.54) is 4.68 Å². The van der Waals surface area contributed by atoms with Gasteiger partial charge < -0.3 is 4.84 Å². The molecule has 0 amide bonds. The Balaban J connectivity index is 2.21. The molecule has 0 unspecified atom stereocenters. The van der Waals surface area contributed by atoms with E-state index in [9.17, 15) is 8.42 Å². The van der Waals surface area contributed by atoms with Crippen molar-refractivity contribution in [1.29, 1.82) is 0 Å². The van der Waals surface area contributed by atoms with Gasteiger partial charge in [0, 0.05) is 13.5 Å². The van der Waals surface area contributed by atoms with Gasteiger partial charge in [-0.15, -0.1) is 0 Å². The lowest BCUT2D eigenvalue weighted by Crippen LogP contribution is -2.24. The third-order valence-electron chi connectivity index (χ3n) is 2.61. The predicted octanol–water partition coefficient (Wildman–Crippen LogP) is 0.551. The smallest absolute Gasteiger partial charge is 0.202 e. The fraction of sp³-hybridized carbons (Fsp3) is 0.700. The fourth-order valence-corrected chi connectivity index (χ4v) is 3.18. The van der Waals surface area contributed by atoms with Crippen LogP contribution in [0.4, 0.5) is 0 Å². The molecule has 18 heavy (non-hydrogen) atoms. The van der Waals surface area contributed by atoms with Crippen molar-refractivity contribution in [1.82, 2.24) is 14.8 Å². The van der Waals surface area contributed by atoms with E-state index < -0.39 is 15.4 Å². The molecule has 7 nitrogen and oxygen atoms in total. The Morgan fingerprint density at radius 1 is 1.44 bits per heavy atom. The number of hydrogen-bond acceptors (Lipinski definition) is 6. The molecule has 0 saturated carbocycles. The van der Waals surface area contributed by atoms with Gasteiger partial charge >= 0.3 is 0 Å². The summed E-state index contributed by atoms with van der Waals surface area (Å²) < 4.78 is 25.8. The standard InChI is InChI=1S/C10H16N4O3S/c1-7-11-8(14(4)12-7)6-18(15,16)9-5-10(2,3)17-13-9/h5-6H2,1-4H3. The molecule has 0 radical (unpaired) electrons. The quantitative estimate of drug-likeness (QED) is 0.784. The van der Waals surface area contributed by atoms with Crippen molar-refractivity contribution in [3.8, 4) is 0 Å². The van der Waals surface area contributed by atoms with Gasteiger partial charge in [-0.3, -0.25) is 4.68 Å². The maximum Gasteiger partial charge on any atom is 0.202 e.